The molecular formula is C23H26N4O4S. The number of amides is 1. The van der Waals surface area contributed by atoms with Crippen molar-refractivity contribution >= 4 is 21.6 Å². The van der Waals surface area contributed by atoms with E-state index in [1.807, 2.05) is 30.3 Å². The van der Waals surface area contributed by atoms with Gasteiger partial charge in [-0.3, -0.25) is 9.89 Å². The number of piperidine rings is 1. The molecule has 1 aliphatic rings. The summed E-state index contributed by atoms with van der Waals surface area (Å²) in [4.78, 5) is 13.0. The van der Waals surface area contributed by atoms with Gasteiger partial charge in [0, 0.05) is 24.3 Å². The Kier molecular flexibility index (Phi) is 6.57. The van der Waals surface area contributed by atoms with Gasteiger partial charge in [-0.1, -0.05) is 36.8 Å². The molecule has 9 heteroatoms. The Bertz CT molecular complexity index is 1190. The SMILES string of the molecule is CCOc1ccc(NC(=O)c2cn[nH]c2-c2ccccc2)cc1S(=O)(=O)N1CCCCC1. The number of aromatic nitrogens is 2. The van der Waals surface area contributed by atoms with E-state index in [2.05, 4.69) is 15.5 Å². The second-order valence-corrected chi connectivity index (χ2v) is 9.44. The Morgan fingerprint density at radius 3 is 2.59 bits per heavy atom. The molecule has 0 spiro atoms. The van der Waals surface area contributed by atoms with Crippen molar-refractivity contribution in [3.8, 4) is 17.0 Å². The number of anilines is 1. The summed E-state index contributed by atoms with van der Waals surface area (Å²) >= 11 is 0. The Labute approximate surface area is 187 Å². The molecule has 0 radical (unpaired) electrons. The number of sulfonamides is 1. The molecule has 4 rings (SSSR count). The van der Waals surface area contributed by atoms with Gasteiger partial charge < -0.3 is 10.1 Å². The predicted molar refractivity (Wildman–Crippen MR) is 122 cm³/mol. The molecule has 1 saturated heterocycles. The normalized spacial score (nSPS) is 14.8. The molecule has 2 N–H and O–H groups in total. The lowest BCUT2D eigenvalue weighted by Gasteiger charge is -2.27. The van der Waals surface area contributed by atoms with E-state index in [0.717, 1.165) is 24.8 Å². The fourth-order valence-electron chi connectivity index (χ4n) is 3.79. The first-order valence-electron chi connectivity index (χ1n) is 10.7. The van der Waals surface area contributed by atoms with E-state index in [-0.39, 0.29) is 16.6 Å². The van der Waals surface area contributed by atoms with E-state index in [9.17, 15) is 13.2 Å². The number of carbonyl (C=O) groups excluding carboxylic acids is 1. The van der Waals surface area contributed by atoms with Gasteiger partial charge in [-0.25, -0.2) is 8.42 Å². The molecular weight excluding hydrogens is 428 g/mol. The third kappa shape index (κ3) is 4.53. The highest BCUT2D eigenvalue weighted by atomic mass is 32.2. The number of carbonyl (C=O) groups is 1. The Hall–Kier alpha value is -3.17. The summed E-state index contributed by atoms with van der Waals surface area (Å²) in [5, 5.41) is 9.67. The van der Waals surface area contributed by atoms with Crippen LogP contribution in [0.5, 0.6) is 5.75 Å². The quantitative estimate of drug-likeness (QED) is 0.563. The number of benzene rings is 2. The zero-order valence-corrected chi connectivity index (χ0v) is 18.7. The summed E-state index contributed by atoms with van der Waals surface area (Å²) in [5.41, 5.74) is 2.16. The maximum atomic E-state index is 13.3. The number of hydrogen-bond acceptors (Lipinski definition) is 5. The molecule has 168 valence electrons. The molecule has 0 aliphatic carbocycles. The van der Waals surface area contributed by atoms with Gasteiger partial charge >= 0.3 is 0 Å². The first-order valence-corrected chi connectivity index (χ1v) is 12.1. The van der Waals surface area contributed by atoms with Crippen LogP contribution in [0.4, 0.5) is 5.69 Å². The van der Waals surface area contributed by atoms with Gasteiger partial charge in [-0.15, -0.1) is 0 Å². The lowest BCUT2D eigenvalue weighted by molar-refractivity contribution is 0.102. The van der Waals surface area contributed by atoms with E-state index in [4.69, 9.17) is 4.74 Å². The number of nitrogens with one attached hydrogen (secondary N) is 2. The Morgan fingerprint density at radius 2 is 1.88 bits per heavy atom. The summed E-state index contributed by atoms with van der Waals surface area (Å²) in [6, 6.07) is 14.1. The summed E-state index contributed by atoms with van der Waals surface area (Å²) in [7, 11) is -3.74. The average molecular weight is 455 g/mol. The first-order chi connectivity index (χ1) is 15.5. The molecule has 2 aromatic carbocycles. The minimum Gasteiger partial charge on any atom is -0.492 e. The number of aromatic amines is 1. The summed E-state index contributed by atoms with van der Waals surface area (Å²) in [6.45, 7) is 3.11. The molecule has 1 fully saturated rings. The minimum atomic E-state index is -3.74. The second-order valence-electron chi connectivity index (χ2n) is 7.54. The predicted octanol–water partition coefficient (Wildman–Crippen LogP) is 3.90. The van der Waals surface area contributed by atoms with Crippen molar-refractivity contribution in [2.45, 2.75) is 31.1 Å². The average Bonchev–Trinajstić information content (AvgIpc) is 3.31. The van der Waals surface area contributed by atoms with E-state index in [1.54, 1.807) is 19.1 Å². The van der Waals surface area contributed by atoms with Gasteiger partial charge in [0.2, 0.25) is 10.0 Å². The topological polar surface area (TPSA) is 104 Å². The first kappa shape index (κ1) is 22.0. The minimum absolute atomic E-state index is 0.0644. The maximum Gasteiger partial charge on any atom is 0.259 e. The van der Waals surface area contributed by atoms with Crippen molar-refractivity contribution in [1.29, 1.82) is 0 Å². The molecule has 3 aromatic rings. The highest BCUT2D eigenvalue weighted by Gasteiger charge is 2.29. The largest absolute Gasteiger partial charge is 0.492 e. The van der Waals surface area contributed by atoms with E-state index >= 15 is 0 Å². The molecule has 0 unspecified atom stereocenters. The van der Waals surface area contributed by atoms with Crippen molar-refractivity contribution < 1.29 is 17.9 Å². The molecule has 0 bridgehead atoms. The van der Waals surface area contributed by atoms with Crippen molar-refractivity contribution in [3.05, 3.63) is 60.3 Å². The fraction of sp³-hybridized carbons (Fsp3) is 0.304. The second kappa shape index (κ2) is 9.54. The van der Waals surface area contributed by atoms with Gasteiger partial charge in [0.1, 0.15) is 10.6 Å². The van der Waals surface area contributed by atoms with Crippen LogP contribution in [-0.4, -0.2) is 48.5 Å². The Balaban J connectivity index is 1.64. The standard InChI is InChI=1S/C23H26N4O4S/c1-2-31-20-12-11-18(15-21(20)32(29,30)27-13-7-4-8-14-27)25-23(28)19-16-24-26-22(19)17-9-5-3-6-10-17/h3,5-6,9-12,15-16H,2,4,7-8,13-14H2,1H3,(H,24,26)(H,25,28). The molecule has 2 heterocycles. The van der Waals surface area contributed by atoms with Gasteiger partial charge in [0.25, 0.3) is 5.91 Å². The molecule has 0 saturated carbocycles. The molecule has 1 aliphatic heterocycles. The maximum absolute atomic E-state index is 13.3. The smallest absolute Gasteiger partial charge is 0.259 e. The zero-order chi connectivity index (χ0) is 22.6. The van der Waals surface area contributed by atoms with Gasteiger partial charge in [-0.2, -0.15) is 9.40 Å². The number of ether oxygens (including phenoxy) is 1. The molecule has 1 aromatic heterocycles. The molecule has 32 heavy (non-hydrogen) atoms. The molecule has 8 nitrogen and oxygen atoms in total. The van der Waals surface area contributed by atoms with E-state index < -0.39 is 10.0 Å². The number of nitrogens with zero attached hydrogens (tertiary/aromatic N) is 2. The Morgan fingerprint density at radius 1 is 1.12 bits per heavy atom. The van der Waals surface area contributed by atoms with E-state index in [1.165, 1.54) is 16.6 Å². The third-order valence-electron chi connectivity index (χ3n) is 5.38. The number of rotatable bonds is 7. The molecule has 0 atom stereocenters. The highest BCUT2D eigenvalue weighted by Crippen LogP contribution is 2.32. The van der Waals surface area contributed by atoms with Crippen LogP contribution in [0, 0.1) is 0 Å². The van der Waals surface area contributed by atoms with Gasteiger partial charge in [0.15, 0.2) is 0 Å². The van der Waals surface area contributed by atoms with Crippen molar-refractivity contribution in [2.75, 3.05) is 25.0 Å². The summed E-state index contributed by atoms with van der Waals surface area (Å²) in [6.07, 6.45) is 4.15. The lowest BCUT2D eigenvalue weighted by Crippen LogP contribution is -2.35. The zero-order valence-electron chi connectivity index (χ0n) is 17.9. The van der Waals surface area contributed by atoms with Crippen LogP contribution in [0.15, 0.2) is 59.6 Å². The number of hydrogen-bond donors (Lipinski definition) is 2. The van der Waals surface area contributed by atoms with E-state index in [0.29, 0.717) is 36.6 Å². The lowest BCUT2D eigenvalue weighted by atomic mass is 10.1. The summed E-state index contributed by atoms with van der Waals surface area (Å²) < 4.78 is 33.7. The van der Waals surface area contributed by atoms with Crippen LogP contribution >= 0.6 is 0 Å². The van der Waals surface area contributed by atoms with Crippen molar-refractivity contribution in [1.82, 2.24) is 14.5 Å². The third-order valence-corrected chi connectivity index (χ3v) is 7.30. The number of H-pyrrole nitrogens is 1. The van der Waals surface area contributed by atoms with Crippen LogP contribution in [0.1, 0.15) is 36.5 Å². The molecule has 1 amide bonds. The van der Waals surface area contributed by atoms with Gasteiger partial charge in [-0.05, 0) is 38.0 Å². The highest BCUT2D eigenvalue weighted by molar-refractivity contribution is 7.89. The van der Waals surface area contributed by atoms with Crippen LogP contribution in [0.3, 0.4) is 0 Å². The van der Waals surface area contributed by atoms with Crippen LogP contribution in [0.2, 0.25) is 0 Å². The van der Waals surface area contributed by atoms with Crippen molar-refractivity contribution in [3.63, 3.8) is 0 Å². The van der Waals surface area contributed by atoms with Crippen molar-refractivity contribution in [2.24, 2.45) is 0 Å². The van der Waals surface area contributed by atoms with Crippen LogP contribution in [0.25, 0.3) is 11.3 Å². The van der Waals surface area contributed by atoms with Crippen LogP contribution < -0.4 is 10.1 Å². The van der Waals surface area contributed by atoms with Crippen LogP contribution in [-0.2, 0) is 10.0 Å². The fourth-order valence-corrected chi connectivity index (χ4v) is 5.46. The monoisotopic (exact) mass is 454 g/mol. The van der Waals surface area contributed by atoms with Gasteiger partial charge in [0.05, 0.1) is 24.1 Å². The summed E-state index contributed by atoms with van der Waals surface area (Å²) in [5.74, 6) is -0.104.